The molecule has 26 heavy (non-hydrogen) atoms. The number of carbonyl (C=O) groups excluding carboxylic acids is 2. The van der Waals surface area contributed by atoms with Crippen molar-refractivity contribution in [3.63, 3.8) is 0 Å². The minimum Gasteiger partial charge on any atom is -0.469 e. The first kappa shape index (κ1) is 18.4. The Morgan fingerprint density at radius 2 is 1.54 bits per heavy atom. The summed E-state index contributed by atoms with van der Waals surface area (Å²) in [4.78, 5) is 24.6. The summed E-state index contributed by atoms with van der Waals surface area (Å²) in [7, 11) is 1.41. The van der Waals surface area contributed by atoms with E-state index in [2.05, 4.69) is 0 Å². The molecule has 0 spiro atoms. The van der Waals surface area contributed by atoms with Crippen molar-refractivity contribution in [3.05, 3.63) is 71.3 Å². The van der Waals surface area contributed by atoms with Crippen molar-refractivity contribution in [3.8, 4) is 0 Å². The molecule has 0 saturated heterocycles. The average Bonchev–Trinajstić information content (AvgIpc) is 2.72. The number of esters is 1. The molecule has 3 nitrogen and oxygen atoms in total. The molecule has 1 saturated carbocycles. The van der Waals surface area contributed by atoms with Gasteiger partial charge in [-0.3, -0.25) is 9.59 Å². The van der Waals surface area contributed by atoms with Gasteiger partial charge in [0.1, 0.15) is 0 Å². The molecule has 0 heterocycles. The fourth-order valence-electron chi connectivity index (χ4n) is 3.84. The van der Waals surface area contributed by atoms with E-state index in [1.165, 1.54) is 13.5 Å². The van der Waals surface area contributed by atoms with Gasteiger partial charge in [0.2, 0.25) is 0 Å². The monoisotopic (exact) mass is 350 g/mol. The Labute approximate surface area is 155 Å². The number of methoxy groups -OCH3 is 1. The van der Waals surface area contributed by atoms with Gasteiger partial charge < -0.3 is 4.74 Å². The van der Waals surface area contributed by atoms with Crippen LogP contribution in [0.1, 0.15) is 65.9 Å². The second-order valence-electron chi connectivity index (χ2n) is 7.06. The highest BCUT2D eigenvalue weighted by Gasteiger charge is 2.23. The minimum atomic E-state index is -0.235. The molecule has 0 N–H and O–H groups in total. The van der Waals surface area contributed by atoms with Gasteiger partial charge in [-0.2, -0.15) is 0 Å². The lowest BCUT2D eigenvalue weighted by atomic mass is 9.83. The van der Waals surface area contributed by atoms with Gasteiger partial charge in [-0.15, -0.1) is 0 Å². The standard InChI is InChI=1S/C23H26O3/c1-26-22(24)16-21(17-8-4-2-5-9-17)18-12-14-20(15-13-18)23(25)19-10-6-3-7-11-19/h2,4-5,8-9,12-15,19,21H,3,6-7,10-11,16H2,1H3. The van der Waals surface area contributed by atoms with Gasteiger partial charge in [0.25, 0.3) is 0 Å². The van der Waals surface area contributed by atoms with Gasteiger partial charge >= 0.3 is 5.97 Å². The van der Waals surface area contributed by atoms with Gasteiger partial charge in [0.15, 0.2) is 5.78 Å². The molecule has 0 radical (unpaired) electrons. The van der Waals surface area contributed by atoms with Crippen molar-refractivity contribution < 1.29 is 14.3 Å². The van der Waals surface area contributed by atoms with E-state index >= 15 is 0 Å². The average molecular weight is 350 g/mol. The van der Waals surface area contributed by atoms with Gasteiger partial charge in [-0.1, -0.05) is 73.9 Å². The lowest BCUT2D eigenvalue weighted by Gasteiger charge is -2.21. The molecule has 0 amide bonds. The summed E-state index contributed by atoms with van der Waals surface area (Å²) in [5.41, 5.74) is 2.89. The maximum atomic E-state index is 12.7. The largest absolute Gasteiger partial charge is 0.469 e. The van der Waals surface area contributed by atoms with Gasteiger partial charge in [0, 0.05) is 17.4 Å². The fraction of sp³-hybridized carbons (Fsp3) is 0.391. The van der Waals surface area contributed by atoms with Crippen LogP contribution in [0.3, 0.4) is 0 Å². The molecule has 1 atom stereocenters. The molecule has 0 bridgehead atoms. The van der Waals surface area contributed by atoms with Gasteiger partial charge in [-0.25, -0.2) is 0 Å². The lowest BCUT2D eigenvalue weighted by Crippen LogP contribution is -2.18. The number of carbonyl (C=O) groups is 2. The Balaban J connectivity index is 1.81. The summed E-state index contributed by atoms with van der Waals surface area (Å²) >= 11 is 0. The van der Waals surface area contributed by atoms with Crippen LogP contribution in [0, 0.1) is 5.92 Å². The van der Waals surface area contributed by atoms with E-state index in [4.69, 9.17) is 4.74 Å². The molecule has 1 aliphatic rings. The Bertz CT molecular complexity index is 728. The molecule has 3 heteroatoms. The third-order valence-corrected chi connectivity index (χ3v) is 5.37. The molecule has 1 aliphatic carbocycles. The van der Waals surface area contributed by atoms with Crippen LogP contribution in [0.25, 0.3) is 0 Å². The predicted octanol–water partition coefficient (Wildman–Crippen LogP) is 5.14. The molecule has 3 rings (SSSR count). The van der Waals surface area contributed by atoms with Crippen LogP contribution in [0.5, 0.6) is 0 Å². The summed E-state index contributed by atoms with van der Waals surface area (Å²) in [6, 6.07) is 17.8. The smallest absolute Gasteiger partial charge is 0.306 e. The van der Waals surface area contributed by atoms with E-state index in [-0.39, 0.29) is 30.0 Å². The highest BCUT2D eigenvalue weighted by molar-refractivity contribution is 5.97. The van der Waals surface area contributed by atoms with E-state index in [1.54, 1.807) is 0 Å². The number of Topliss-reactive ketones (excluding diaryl/α,β-unsaturated/α-hetero) is 1. The Hall–Kier alpha value is -2.42. The maximum absolute atomic E-state index is 12.7. The van der Waals surface area contributed by atoms with Crippen LogP contribution in [0.2, 0.25) is 0 Å². The third-order valence-electron chi connectivity index (χ3n) is 5.37. The number of ether oxygens (including phenoxy) is 1. The molecule has 0 aromatic heterocycles. The molecular weight excluding hydrogens is 324 g/mol. The first-order valence-corrected chi connectivity index (χ1v) is 9.45. The minimum absolute atomic E-state index is 0.0671. The zero-order valence-electron chi connectivity index (χ0n) is 15.3. The third kappa shape index (κ3) is 4.40. The van der Waals surface area contributed by atoms with E-state index in [1.807, 2.05) is 54.6 Å². The Kier molecular flexibility index (Phi) is 6.21. The number of benzene rings is 2. The summed E-state index contributed by atoms with van der Waals surface area (Å²) in [5, 5.41) is 0. The molecule has 0 aliphatic heterocycles. The first-order chi connectivity index (χ1) is 12.7. The Morgan fingerprint density at radius 1 is 0.923 bits per heavy atom. The SMILES string of the molecule is COC(=O)CC(c1ccccc1)c1ccc(C(=O)C2CCCCC2)cc1. The molecule has 2 aromatic rings. The zero-order chi connectivity index (χ0) is 18.4. The van der Waals surface area contributed by atoms with Crippen LogP contribution >= 0.6 is 0 Å². The zero-order valence-corrected chi connectivity index (χ0v) is 15.3. The highest BCUT2D eigenvalue weighted by Crippen LogP contribution is 2.30. The van der Waals surface area contributed by atoms with Crippen LogP contribution in [0.15, 0.2) is 54.6 Å². The van der Waals surface area contributed by atoms with Crippen LogP contribution < -0.4 is 0 Å². The first-order valence-electron chi connectivity index (χ1n) is 9.45. The van der Waals surface area contributed by atoms with Gasteiger partial charge in [-0.05, 0) is 24.0 Å². The van der Waals surface area contributed by atoms with Crippen LogP contribution in [-0.2, 0) is 9.53 Å². The van der Waals surface area contributed by atoms with Crippen molar-refractivity contribution in [1.82, 2.24) is 0 Å². The van der Waals surface area contributed by atoms with E-state index in [0.717, 1.165) is 42.4 Å². The highest BCUT2D eigenvalue weighted by atomic mass is 16.5. The normalized spacial score (nSPS) is 16.0. The van der Waals surface area contributed by atoms with E-state index in [9.17, 15) is 9.59 Å². The number of hydrogen-bond acceptors (Lipinski definition) is 3. The number of rotatable bonds is 6. The van der Waals surface area contributed by atoms with Crippen molar-refractivity contribution in [2.24, 2.45) is 5.92 Å². The molecular formula is C23H26O3. The predicted molar refractivity (Wildman–Crippen MR) is 102 cm³/mol. The quantitative estimate of drug-likeness (QED) is 0.535. The molecule has 1 unspecified atom stereocenters. The van der Waals surface area contributed by atoms with Crippen molar-refractivity contribution in [1.29, 1.82) is 0 Å². The van der Waals surface area contributed by atoms with E-state index < -0.39 is 0 Å². The summed E-state index contributed by atoms with van der Waals surface area (Å²) < 4.78 is 4.87. The maximum Gasteiger partial charge on any atom is 0.306 e. The molecule has 136 valence electrons. The van der Waals surface area contributed by atoms with E-state index in [0.29, 0.717) is 0 Å². The fourth-order valence-corrected chi connectivity index (χ4v) is 3.84. The number of ketones is 1. The van der Waals surface area contributed by atoms with Crippen molar-refractivity contribution in [2.75, 3.05) is 7.11 Å². The van der Waals surface area contributed by atoms with Crippen LogP contribution in [-0.4, -0.2) is 18.9 Å². The van der Waals surface area contributed by atoms with Crippen molar-refractivity contribution in [2.45, 2.75) is 44.4 Å². The lowest BCUT2D eigenvalue weighted by molar-refractivity contribution is -0.140. The summed E-state index contributed by atoms with van der Waals surface area (Å²) in [6.07, 6.45) is 5.87. The van der Waals surface area contributed by atoms with Crippen LogP contribution in [0.4, 0.5) is 0 Å². The van der Waals surface area contributed by atoms with Crippen molar-refractivity contribution >= 4 is 11.8 Å². The molecule has 1 fully saturated rings. The summed E-state index contributed by atoms with van der Waals surface area (Å²) in [5.74, 6) is 0.138. The second kappa shape index (κ2) is 8.79. The Morgan fingerprint density at radius 3 is 2.15 bits per heavy atom. The summed E-state index contributed by atoms with van der Waals surface area (Å²) in [6.45, 7) is 0. The molecule has 2 aromatic carbocycles. The second-order valence-corrected chi connectivity index (χ2v) is 7.06. The topological polar surface area (TPSA) is 43.4 Å². The number of hydrogen-bond donors (Lipinski definition) is 0. The van der Waals surface area contributed by atoms with Gasteiger partial charge in [0.05, 0.1) is 13.5 Å².